The summed E-state index contributed by atoms with van der Waals surface area (Å²) in [4.78, 5) is 26.0. The Kier molecular flexibility index (Phi) is 3.28. The van der Waals surface area contributed by atoms with Crippen LogP contribution in [0.4, 0.5) is 4.79 Å². The van der Waals surface area contributed by atoms with Gasteiger partial charge in [-0.2, -0.15) is 0 Å². The summed E-state index contributed by atoms with van der Waals surface area (Å²) in [5, 5.41) is 0. The van der Waals surface area contributed by atoms with Crippen LogP contribution in [0.3, 0.4) is 0 Å². The third kappa shape index (κ3) is 1.95. The van der Waals surface area contributed by atoms with Crippen LogP contribution in [0.25, 0.3) is 0 Å². The van der Waals surface area contributed by atoms with E-state index in [1.165, 1.54) is 11.8 Å². The molecule has 0 N–H and O–H groups in total. The molecule has 1 aliphatic rings. The third-order valence-corrected chi connectivity index (χ3v) is 2.46. The molecule has 0 radical (unpaired) electrons. The summed E-state index contributed by atoms with van der Waals surface area (Å²) in [6.45, 7) is 4.53. The van der Waals surface area contributed by atoms with E-state index in [0.717, 1.165) is 0 Å². The molecule has 1 fully saturated rings. The van der Waals surface area contributed by atoms with Crippen molar-refractivity contribution < 1.29 is 9.59 Å². The summed E-state index contributed by atoms with van der Waals surface area (Å²) in [6, 6.07) is -0.337. The molecule has 1 heterocycles. The van der Waals surface area contributed by atoms with Crippen LogP contribution in [0.1, 0.15) is 13.8 Å². The number of Topliss-reactive ketones (excluding diaryl/α,β-unsaturated/α-hetero) is 1. The summed E-state index contributed by atoms with van der Waals surface area (Å²) >= 11 is 0. The molecule has 1 atom stereocenters. The van der Waals surface area contributed by atoms with E-state index in [9.17, 15) is 9.59 Å². The first-order chi connectivity index (χ1) is 6.57. The van der Waals surface area contributed by atoms with E-state index >= 15 is 0 Å². The van der Waals surface area contributed by atoms with Crippen molar-refractivity contribution >= 4 is 11.8 Å². The molecule has 0 aliphatic carbocycles. The minimum Gasteiger partial charge on any atom is -0.318 e. The molecule has 0 spiro atoms. The maximum absolute atomic E-state index is 11.6. The van der Waals surface area contributed by atoms with Gasteiger partial charge in [0.2, 0.25) is 0 Å². The lowest BCUT2D eigenvalue weighted by atomic mass is 10.2. The highest BCUT2D eigenvalue weighted by Crippen LogP contribution is 2.14. The molecule has 0 aromatic rings. The Morgan fingerprint density at radius 3 is 2.71 bits per heavy atom. The Morgan fingerprint density at radius 2 is 2.29 bits per heavy atom. The Bertz CT molecular complexity index is 273. The van der Waals surface area contributed by atoms with Crippen LogP contribution >= 0.6 is 0 Å². The van der Waals surface area contributed by atoms with Crippen molar-refractivity contribution in [2.45, 2.75) is 19.9 Å². The molecule has 0 saturated carbocycles. The van der Waals surface area contributed by atoms with Crippen LogP contribution < -0.4 is 0 Å². The van der Waals surface area contributed by atoms with Gasteiger partial charge in [-0.25, -0.2) is 4.79 Å². The summed E-state index contributed by atoms with van der Waals surface area (Å²) < 4.78 is 0. The molecular formula is C10H16N2O2. The molecule has 1 aliphatic heterocycles. The van der Waals surface area contributed by atoms with Crippen molar-refractivity contribution in [1.29, 1.82) is 0 Å². The highest BCUT2D eigenvalue weighted by atomic mass is 16.2. The lowest BCUT2D eigenvalue weighted by Gasteiger charge is -2.14. The molecule has 1 rings (SSSR count). The molecule has 78 valence electrons. The normalized spacial score (nSPS) is 22.5. The van der Waals surface area contributed by atoms with Crippen molar-refractivity contribution in [2.75, 3.05) is 20.1 Å². The Morgan fingerprint density at radius 1 is 1.64 bits per heavy atom. The fourth-order valence-corrected chi connectivity index (χ4v) is 1.55. The number of nitrogens with zero attached hydrogens (tertiary/aromatic N) is 2. The zero-order chi connectivity index (χ0) is 10.7. The van der Waals surface area contributed by atoms with Crippen LogP contribution in [-0.4, -0.2) is 47.8 Å². The van der Waals surface area contributed by atoms with E-state index in [0.29, 0.717) is 13.1 Å². The summed E-state index contributed by atoms with van der Waals surface area (Å²) in [5.41, 5.74) is 0. The van der Waals surface area contributed by atoms with Gasteiger partial charge in [-0.3, -0.25) is 4.79 Å². The van der Waals surface area contributed by atoms with Gasteiger partial charge >= 0.3 is 6.03 Å². The molecule has 4 nitrogen and oxygen atoms in total. The molecule has 0 aromatic heterocycles. The maximum Gasteiger partial charge on any atom is 0.320 e. The van der Waals surface area contributed by atoms with Gasteiger partial charge < -0.3 is 9.80 Å². The molecule has 1 saturated heterocycles. The second-order valence-corrected chi connectivity index (χ2v) is 3.49. The monoisotopic (exact) mass is 196 g/mol. The largest absolute Gasteiger partial charge is 0.320 e. The fraction of sp³-hybridized carbons (Fsp3) is 0.600. The fourth-order valence-electron chi connectivity index (χ4n) is 1.55. The average molecular weight is 196 g/mol. The van der Waals surface area contributed by atoms with Gasteiger partial charge in [0.25, 0.3) is 0 Å². The van der Waals surface area contributed by atoms with Crippen LogP contribution in [0.2, 0.25) is 0 Å². The molecular weight excluding hydrogens is 180 g/mol. The van der Waals surface area contributed by atoms with Crippen LogP contribution in [-0.2, 0) is 4.79 Å². The molecule has 0 bridgehead atoms. The average Bonchev–Trinajstić information content (AvgIpc) is 2.42. The van der Waals surface area contributed by atoms with Gasteiger partial charge in [0.05, 0.1) is 6.54 Å². The predicted molar refractivity (Wildman–Crippen MR) is 54.0 cm³/mol. The van der Waals surface area contributed by atoms with Gasteiger partial charge in [0.1, 0.15) is 6.04 Å². The predicted octanol–water partition coefficient (Wildman–Crippen LogP) is 0.888. The number of hydrogen-bond donors (Lipinski definition) is 0. The number of carbonyl (C=O) groups excluding carboxylic acids is 2. The van der Waals surface area contributed by atoms with Crippen LogP contribution in [0.5, 0.6) is 0 Å². The smallest absolute Gasteiger partial charge is 0.318 e. The number of urea groups is 1. The van der Waals surface area contributed by atoms with Crippen molar-refractivity contribution in [1.82, 2.24) is 9.80 Å². The summed E-state index contributed by atoms with van der Waals surface area (Å²) in [5.74, 6) is 0.0452. The lowest BCUT2D eigenvalue weighted by Crippen LogP contribution is -2.35. The van der Waals surface area contributed by atoms with E-state index in [1.807, 2.05) is 19.1 Å². The zero-order valence-electron chi connectivity index (χ0n) is 8.86. The highest BCUT2D eigenvalue weighted by Gasteiger charge is 2.36. The molecule has 4 heteroatoms. The van der Waals surface area contributed by atoms with Crippen molar-refractivity contribution in [3.63, 3.8) is 0 Å². The Labute approximate surface area is 84.2 Å². The lowest BCUT2D eigenvalue weighted by molar-refractivity contribution is -0.120. The molecule has 0 aromatic carbocycles. The number of hydrogen-bond acceptors (Lipinski definition) is 2. The van der Waals surface area contributed by atoms with Gasteiger partial charge in [-0.05, 0) is 13.8 Å². The number of likely N-dealkylation sites (N-methyl/N-ethyl adjacent to an activating group) is 1. The van der Waals surface area contributed by atoms with Gasteiger partial charge in [-0.1, -0.05) is 12.2 Å². The third-order valence-electron chi connectivity index (χ3n) is 2.46. The second-order valence-electron chi connectivity index (χ2n) is 3.49. The van der Waals surface area contributed by atoms with Gasteiger partial charge in [-0.15, -0.1) is 0 Å². The van der Waals surface area contributed by atoms with Crippen LogP contribution in [0.15, 0.2) is 12.2 Å². The number of allylic oxidation sites excluding steroid dienone is 1. The number of rotatable bonds is 3. The first-order valence-corrected chi connectivity index (χ1v) is 4.71. The molecule has 2 amide bonds. The zero-order valence-corrected chi connectivity index (χ0v) is 8.86. The first kappa shape index (κ1) is 10.8. The standard InChI is InChI=1S/C10H16N2O2/c1-4-5-6-12-7-9(8(2)13)11(3)10(12)14/h4-5,9H,6-7H2,1-3H3/b5-4+/t9-/m0/s1. The Hall–Kier alpha value is -1.32. The molecule has 0 unspecified atom stereocenters. The van der Waals surface area contributed by atoms with E-state index in [-0.39, 0.29) is 17.9 Å². The number of carbonyl (C=O) groups is 2. The highest BCUT2D eigenvalue weighted by molar-refractivity contribution is 5.90. The topological polar surface area (TPSA) is 40.6 Å². The first-order valence-electron chi connectivity index (χ1n) is 4.71. The SMILES string of the molecule is C/C=C/CN1C[C@@H](C(C)=O)N(C)C1=O. The summed E-state index contributed by atoms with van der Waals surface area (Å²) in [7, 11) is 1.67. The van der Waals surface area contributed by atoms with Crippen molar-refractivity contribution in [3.8, 4) is 0 Å². The minimum atomic E-state index is -0.271. The number of amides is 2. The van der Waals surface area contributed by atoms with Crippen LogP contribution in [0, 0.1) is 0 Å². The second kappa shape index (κ2) is 4.26. The van der Waals surface area contributed by atoms with Gasteiger partial charge in [0.15, 0.2) is 5.78 Å². The van der Waals surface area contributed by atoms with Gasteiger partial charge in [0, 0.05) is 13.6 Å². The number of ketones is 1. The summed E-state index contributed by atoms with van der Waals surface area (Å²) in [6.07, 6.45) is 3.81. The molecule has 14 heavy (non-hydrogen) atoms. The van der Waals surface area contributed by atoms with Crippen molar-refractivity contribution in [3.05, 3.63) is 12.2 Å². The van der Waals surface area contributed by atoms with E-state index in [1.54, 1.807) is 11.9 Å². The van der Waals surface area contributed by atoms with E-state index in [4.69, 9.17) is 0 Å². The Balaban J connectivity index is 2.66. The minimum absolute atomic E-state index is 0.0452. The quantitative estimate of drug-likeness (QED) is 0.629. The van der Waals surface area contributed by atoms with Crippen molar-refractivity contribution in [2.24, 2.45) is 0 Å². The van der Waals surface area contributed by atoms with E-state index < -0.39 is 0 Å². The van der Waals surface area contributed by atoms with E-state index in [2.05, 4.69) is 0 Å². The maximum atomic E-state index is 11.6.